The molecule has 0 aromatic heterocycles. The van der Waals surface area contributed by atoms with Gasteiger partial charge in [0.2, 0.25) is 0 Å². The second kappa shape index (κ2) is 5.09. The van der Waals surface area contributed by atoms with Gasteiger partial charge in [-0.3, -0.25) is 0 Å². The third-order valence-corrected chi connectivity index (χ3v) is 5.00. The van der Waals surface area contributed by atoms with Crippen molar-refractivity contribution >= 4 is 9.84 Å². The second-order valence-electron chi connectivity index (χ2n) is 4.73. The summed E-state index contributed by atoms with van der Waals surface area (Å²) in [6, 6.07) is 9.57. The van der Waals surface area contributed by atoms with Crippen LogP contribution in [0.5, 0.6) is 0 Å². The zero-order valence-corrected chi connectivity index (χ0v) is 11.1. The van der Waals surface area contributed by atoms with Crippen LogP contribution < -0.4 is 5.32 Å². The van der Waals surface area contributed by atoms with Crippen molar-refractivity contribution in [3.05, 3.63) is 35.4 Å². The molecule has 96 valence electrons. The molecular weight excluding hydrogens is 248 g/mol. The third kappa shape index (κ3) is 3.09. The summed E-state index contributed by atoms with van der Waals surface area (Å²) in [5, 5.41) is 12.2. The average Bonchev–Trinajstić information content (AvgIpc) is 2.68. The lowest BCUT2D eigenvalue weighted by atomic mass is 10.0. The molecule has 2 rings (SSSR count). The van der Waals surface area contributed by atoms with Crippen molar-refractivity contribution in [3.63, 3.8) is 0 Å². The number of hydrogen-bond acceptors (Lipinski definition) is 4. The molecule has 1 aromatic carbocycles. The summed E-state index contributed by atoms with van der Waals surface area (Å²) in [4.78, 5) is 0. The van der Waals surface area contributed by atoms with Gasteiger partial charge in [-0.15, -0.1) is 0 Å². The minimum atomic E-state index is -2.85. The van der Waals surface area contributed by atoms with Crippen molar-refractivity contribution in [1.29, 1.82) is 5.26 Å². The number of nitriles is 1. The highest BCUT2D eigenvalue weighted by Gasteiger charge is 2.28. The molecule has 18 heavy (non-hydrogen) atoms. The Bertz CT molecular complexity index is 575. The van der Waals surface area contributed by atoms with Crippen LogP contribution >= 0.6 is 0 Å². The van der Waals surface area contributed by atoms with Crippen LogP contribution in [-0.2, 0) is 9.84 Å². The van der Waals surface area contributed by atoms with Crippen molar-refractivity contribution in [3.8, 4) is 6.07 Å². The van der Waals surface area contributed by atoms with Crippen LogP contribution in [0, 0.1) is 11.3 Å². The van der Waals surface area contributed by atoms with Gasteiger partial charge in [0.25, 0.3) is 0 Å². The normalized spacial score (nSPS) is 23.4. The van der Waals surface area contributed by atoms with E-state index in [-0.39, 0.29) is 23.6 Å². The molecule has 4 nitrogen and oxygen atoms in total. The first-order chi connectivity index (χ1) is 8.50. The van der Waals surface area contributed by atoms with Gasteiger partial charge in [0.05, 0.1) is 23.1 Å². The Kier molecular flexibility index (Phi) is 3.69. The predicted molar refractivity (Wildman–Crippen MR) is 69.8 cm³/mol. The van der Waals surface area contributed by atoms with Gasteiger partial charge in [-0.25, -0.2) is 8.42 Å². The molecule has 0 radical (unpaired) electrons. The van der Waals surface area contributed by atoms with Crippen molar-refractivity contribution in [2.45, 2.75) is 25.4 Å². The maximum absolute atomic E-state index is 11.4. The van der Waals surface area contributed by atoms with E-state index in [1.807, 2.05) is 25.1 Å². The lowest BCUT2D eigenvalue weighted by molar-refractivity contribution is 0.485. The third-order valence-electron chi connectivity index (χ3n) is 3.23. The molecule has 0 bridgehead atoms. The summed E-state index contributed by atoms with van der Waals surface area (Å²) in [5.74, 6) is 0.491. The lowest BCUT2D eigenvalue weighted by Gasteiger charge is -2.18. The van der Waals surface area contributed by atoms with Crippen LogP contribution in [0.3, 0.4) is 0 Å². The Morgan fingerprint density at radius 3 is 2.89 bits per heavy atom. The molecule has 2 unspecified atom stereocenters. The van der Waals surface area contributed by atoms with E-state index in [2.05, 4.69) is 11.4 Å². The summed E-state index contributed by atoms with van der Waals surface area (Å²) in [6.07, 6.45) is 0.671. The highest BCUT2D eigenvalue weighted by molar-refractivity contribution is 7.91. The van der Waals surface area contributed by atoms with Gasteiger partial charge in [-0.1, -0.05) is 12.1 Å². The topological polar surface area (TPSA) is 70.0 Å². The highest BCUT2D eigenvalue weighted by Crippen LogP contribution is 2.18. The molecule has 0 spiro atoms. The summed E-state index contributed by atoms with van der Waals surface area (Å²) >= 11 is 0. The number of hydrogen-bond donors (Lipinski definition) is 1. The van der Waals surface area contributed by atoms with Gasteiger partial charge in [0.1, 0.15) is 0 Å². The monoisotopic (exact) mass is 264 g/mol. The Morgan fingerprint density at radius 1 is 1.50 bits per heavy atom. The summed E-state index contributed by atoms with van der Waals surface area (Å²) in [6.45, 7) is 1.99. The standard InChI is InChI=1S/C13H16N2O2S/c1-10(12-4-2-3-11(7-12)8-14)15-13-5-6-18(16,17)9-13/h2-4,7,10,13,15H,5-6,9H2,1H3. The van der Waals surface area contributed by atoms with E-state index in [0.717, 1.165) is 5.56 Å². The van der Waals surface area contributed by atoms with Crippen LogP contribution in [0.15, 0.2) is 24.3 Å². The van der Waals surface area contributed by atoms with E-state index in [4.69, 9.17) is 5.26 Å². The van der Waals surface area contributed by atoms with Gasteiger partial charge < -0.3 is 5.32 Å². The van der Waals surface area contributed by atoms with Gasteiger partial charge in [-0.05, 0) is 31.0 Å². The fraction of sp³-hybridized carbons (Fsp3) is 0.462. The summed E-state index contributed by atoms with van der Waals surface area (Å²) in [5.41, 5.74) is 1.64. The molecule has 2 atom stereocenters. The molecule has 1 heterocycles. The number of rotatable bonds is 3. The van der Waals surface area contributed by atoms with Crippen molar-refractivity contribution in [2.75, 3.05) is 11.5 Å². The Balaban J connectivity index is 2.04. The van der Waals surface area contributed by atoms with Crippen LogP contribution in [-0.4, -0.2) is 26.0 Å². The SMILES string of the molecule is CC(NC1CCS(=O)(=O)C1)c1cccc(C#N)c1. The number of nitrogens with zero attached hydrogens (tertiary/aromatic N) is 1. The molecule has 1 aromatic rings. The number of nitrogens with one attached hydrogen (secondary N) is 1. The zero-order valence-electron chi connectivity index (χ0n) is 10.3. The van der Waals surface area contributed by atoms with Crippen molar-refractivity contribution in [1.82, 2.24) is 5.32 Å². The highest BCUT2D eigenvalue weighted by atomic mass is 32.2. The van der Waals surface area contributed by atoms with E-state index >= 15 is 0 Å². The minimum absolute atomic E-state index is 0.0238. The molecule has 1 fully saturated rings. The molecule has 1 N–H and O–H groups in total. The smallest absolute Gasteiger partial charge is 0.151 e. The Labute approximate surface area is 108 Å². The van der Waals surface area contributed by atoms with Gasteiger partial charge in [0, 0.05) is 12.1 Å². The first-order valence-corrected chi connectivity index (χ1v) is 7.79. The molecule has 5 heteroatoms. The fourth-order valence-corrected chi connectivity index (χ4v) is 3.94. The maximum atomic E-state index is 11.4. The first kappa shape index (κ1) is 13.1. The maximum Gasteiger partial charge on any atom is 0.151 e. The molecular formula is C13H16N2O2S. The zero-order chi connectivity index (χ0) is 13.2. The molecule has 0 saturated carbocycles. The average molecular weight is 264 g/mol. The molecule has 1 saturated heterocycles. The second-order valence-corrected chi connectivity index (χ2v) is 6.95. The van der Waals surface area contributed by atoms with Crippen LogP contribution in [0.2, 0.25) is 0 Å². The quantitative estimate of drug-likeness (QED) is 0.895. The van der Waals surface area contributed by atoms with Crippen LogP contribution in [0.4, 0.5) is 0 Å². The van der Waals surface area contributed by atoms with E-state index in [9.17, 15) is 8.42 Å². The van der Waals surface area contributed by atoms with Crippen LogP contribution in [0.1, 0.15) is 30.5 Å². The first-order valence-electron chi connectivity index (χ1n) is 5.97. The van der Waals surface area contributed by atoms with Gasteiger partial charge in [0.15, 0.2) is 9.84 Å². The summed E-state index contributed by atoms with van der Waals surface area (Å²) < 4.78 is 22.8. The van der Waals surface area contributed by atoms with Crippen molar-refractivity contribution in [2.24, 2.45) is 0 Å². The summed E-state index contributed by atoms with van der Waals surface area (Å²) in [7, 11) is -2.85. The van der Waals surface area contributed by atoms with Crippen LogP contribution in [0.25, 0.3) is 0 Å². The Morgan fingerprint density at radius 2 is 2.28 bits per heavy atom. The van der Waals surface area contributed by atoms with E-state index in [1.54, 1.807) is 6.07 Å². The molecule has 0 amide bonds. The molecule has 1 aliphatic heterocycles. The van der Waals surface area contributed by atoms with Gasteiger partial charge in [-0.2, -0.15) is 5.26 Å². The van der Waals surface area contributed by atoms with E-state index < -0.39 is 9.84 Å². The largest absolute Gasteiger partial charge is 0.306 e. The number of benzene rings is 1. The predicted octanol–water partition coefficient (Wildman–Crippen LogP) is 1.40. The van der Waals surface area contributed by atoms with Crippen molar-refractivity contribution < 1.29 is 8.42 Å². The fourth-order valence-electron chi connectivity index (χ4n) is 2.25. The van der Waals surface area contributed by atoms with E-state index in [0.29, 0.717) is 12.0 Å². The molecule has 1 aliphatic rings. The Hall–Kier alpha value is -1.38. The number of sulfone groups is 1. The molecule has 0 aliphatic carbocycles. The minimum Gasteiger partial charge on any atom is -0.306 e. The van der Waals surface area contributed by atoms with E-state index in [1.165, 1.54) is 0 Å². The lowest BCUT2D eigenvalue weighted by Crippen LogP contribution is -2.32. The van der Waals surface area contributed by atoms with Gasteiger partial charge >= 0.3 is 0 Å².